The van der Waals surface area contributed by atoms with Crippen molar-refractivity contribution in [2.24, 2.45) is 11.1 Å². The molecule has 0 bridgehead atoms. The van der Waals surface area contributed by atoms with Gasteiger partial charge in [-0.2, -0.15) is 0 Å². The summed E-state index contributed by atoms with van der Waals surface area (Å²) in [6.45, 7) is 6.90. The number of carboxylic acids is 1. The molecule has 0 radical (unpaired) electrons. The van der Waals surface area contributed by atoms with Crippen molar-refractivity contribution in [3.8, 4) is 0 Å². The molecule has 4 N–H and O–H groups in total. The number of aliphatic carboxylic acids is 1. The second-order valence-electron chi connectivity index (χ2n) is 4.58. The molecule has 0 unspecified atom stereocenters. The van der Waals surface area contributed by atoms with E-state index >= 15 is 0 Å². The van der Waals surface area contributed by atoms with Gasteiger partial charge >= 0.3 is 5.97 Å². The van der Waals surface area contributed by atoms with Crippen molar-refractivity contribution in [3.63, 3.8) is 0 Å². The molecule has 0 saturated carbocycles. The fraction of sp³-hybridized carbons (Fsp3) is 0.818. The maximum absolute atomic E-state index is 12.0. The number of carbonyl (C=O) groups is 2. The normalized spacial score (nSPS) is 12.3. The molecular formula is C11H22N2O3. The smallest absolute Gasteiger partial charge is 0.328 e. The van der Waals surface area contributed by atoms with Crippen LogP contribution in [0.5, 0.6) is 0 Å². The van der Waals surface area contributed by atoms with E-state index in [2.05, 4.69) is 5.32 Å². The van der Waals surface area contributed by atoms with E-state index in [0.29, 0.717) is 12.8 Å². The molecule has 16 heavy (non-hydrogen) atoms. The van der Waals surface area contributed by atoms with E-state index in [-0.39, 0.29) is 12.5 Å². The summed E-state index contributed by atoms with van der Waals surface area (Å²) in [7, 11) is 0. The zero-order valence-corrected chi connectivity index (χ0v) is 10.5. The van der Waals surface area contributed by atoms with Crippen LogP contribution in [0, 0.1) is 5.41 Å². The van der Waals surface area contributed by atoms with Crippen molar-refractivity contribution in [2.45, 2.75) is 46.1 Å². The highest BCUT2D eigenvalue weighted by Gasteiger charge is 2.38. The number of nitrogens with two attached hydrogens (primary N) is 1. The summed E-state index contributed by atoms with van der Waals surface area (Å²) in [5.74, 6) is -1.34. The highest BCUT2D eigenvalue weighted by atomic mass is 16.4. The maximum Gasteiger partial charge on any atom is 0.328 e. The Morgan fingerprint density at radius 1 is 1.25 bits per heavy atom. The molecule has 0 fully saturated rings. The molecule has 0 aromatic carbocycles. The van der Waals surface area contributed by atoms with Crippen LogP contribution < -0.4 is 11.1 Å². The Hall–Kier alpha value is -1.10. The van der Waals surface area contributed by atoms with Gasteiger partial charge in [-0.1, -0.05) is 13.8 Å². The molecule has 0 aromatic rings. The van der Waals surface area contributed by atoms with Crippen LogP contribution in [0.2, 0.25) is 0 Å². The minimum absolute atomic E-state index is 0.224. The molecule has 0 aromatic heterocycles. The molecule has 0 aliphatic heterocycles. The average molecular weight is 230 g/mol. The Kier molecular flexibility index (Phi) is 4.93. The third-order valence-corrected chi connectivity index (χ3v) is 3.19. The van der Waals surface area contributed by atoms with Crippen molar-refractivity contribution in [1.29, 1.82) is 0 Å². The van der Waals surface area contributed by atoms with Crippen LogP contribution in [0.25, 0.3) is 0 Å². The molecule has 0 saturated heterocycles. The van der Waals surface area contributed by atoms with Crippen LogP contribution in [0.1, 0.15) is 40.5 Å². The Morgan fingerprint density at radius 3 is 1.94 bits per heavy atom. The van der Waals surface area contributed by atoms with E-state index in [4.69, 9.17) is 10.8 Å². The predicted octanol–water partition coefficient (Wildman–Crippen LogP) is 0.731. The topological polar surface area (TPSA) is 92.4 Å². The van der Waals surface area contributed by atoms with Crippen LogP contribution in [0.4, 0.5) is 0 Å². The summed E-state index contributed by atoms with van der Waals surface area (Å²) in [6.07, 6.45) is 1.20. The molecule has 1 amide bonds. The van der Waals surface area contributed by atoms with E-state index in [1.165, 1.54) is 13.8 Å². The molecule has 0 aliphatic carbocycles. The first kappa shape index (κ1) is 14.9. The predicted molar refractivity (Wildman–Crippen MR) is 61.9 cm³/mol. The molecule has 0 aliphatic rings. The number of rotatable bonds is 6. The fourth-order valence-corrected chi connectivity index (χ4v) is 1.42. The summed E-state index contributed by atoms with van der Waals surface area (Å²) >= 11 is 0. The number of amides is 1. The minimum atomic E-state index is -1.26. The molecule has 0 spiro atoms. The first-order valence-corrected chi connectivity index (χ1v) is 5.51. The van der Waals surface area contributed by atoms with Gasteiger partial charge < -0.3 is 16.2 Å². The lowest BCUT2D eigenvalue weighted by Gasteiger charge is -2.32. The van der Waals surface area contributed by atoms with Gasteiger partial charge in [0.1, 0.15) is 5.54 Å². The number of nitrogens with one attached hydrogen (secondary N) is 1. The second kappa shape index (κ2) is 5.30. The van der Waals surface area contributed by atoms with Crippen molar-refractivity contribution < 1.29 is 14.7 Å². The largest absolute Gasteiger partial charge is 0.480 e. The Morgan fingerprint density at radius 2 is 1.69 bits per heavy atom. The zero-order chi connectivity index (χ0) is 13.0. The first-order valence-electron chi connectivity index (χ1n) is 5.51. The summed E-state index contributed by atoms with van der Waals surface area (Å²) in [6, 6.07) is 0. The van der Waals surface area contributed by atoms with Gasteiger partial charge in [-0.15, -0.1) is 0 Å². The van der Waals surface area contributed by atoms with Crippen molar-refractivity contribution in [2.75, 3.05) is 6.54 Å². The van der Waals surface area contributed by atoms with Crippen molar-refractivity contribution >= 4 is 11.9 Å². The van der Waals surface area contributed by atoms with Gasteiger partial charge in [-0.3, -0.25) is 4.79 Å². The van der Waals surface area contributed by atoms with Crippen LogP contribution >= 0.6 is 0 Å². The summed E-state index contributed by atoms with van der Waals surface area (Å²) in [5, 5.41) is 11.5. The molecule has 0 atom stereocenters. The van der Waals surface area contributed by atoms with Gasteiger partial charge in [0.25, 0.3) is 0 Å². The number of hydrogen-bond donors (Lipinski definition) is 3. The number of carbonyl (C=O) groups excluding carboxylic acids is 1. The quantitative estimate of drug-likeness (QED) is 0.627. The molecule has 94 valence electrons. The van der Waals surface area contributed by atoms with Crippen LogP contribution in [0.3, 0.4) is 0 Å². The summed E-state index contributed by atoms with van der Waals surface area (Å²) < 4.78 is 0. The van der Waals surface area contributed by atoms with E-state index in [1.807, 2.05) is 13.8 Å². The SMILES string of the molecule is CCC(CC)(CN)C(=O)NC(C)(C)C(=O)O. The summed E-state index contributed by atoms with van der Waals surface area (Å²) in [5.41, 5.74) is 3.69. The minimum Gasteiger partial charge on any atom is -0.480 e. The summed E-state index contributed by atoms with van der Waals surface area (Å²) in [4.78, 5) is 22.9. The Labute approximate surface area is 96.4 Å². The zero-order valence-electron chi connectivity index (χ0n) is 10.5. The van der Waals surface area contributed by atoms with E-state index in [9.17, 15) is 9.59 Å². The van der Waals surface area contributed by atoms with Gasteiger partial charge in [-0.05, 0) is 26.7 Å². The standard InChI is InChI=1S/C11H22N2O3/c1-5-11(6-2,7-12)8(14)13-10(3,4)9(15)16/h5-7,12H2,1-4H3,(H,13,14)(H,15,16). The average Bonchev–Trinajstić information content (AvgIpc) is 2.20. The van der Waals surface area contributed by atoms with Gasteiger partial charge in [-0.25, -0.2) is 4.79 Å². The Bertz CT molecular complexity index is 262. The van der Waals surface area contributed by atoms with Crippen molar-refractivity contribution in [1.82, 2.24) is 5.32 Å². The number of carboxylic acid groups (broad SMARTS) is 1. The van der Waals surface area contributed by atoms with Gasteiger partial charge in [0.15, 0.2) is 0 Å². The number of hydrogen-bond acceptors (Lipinski definition) is 3. The molecule has 5 heteroatoms. The third-order valence-electron chi connectivity index (χ3n) is 3.19. The Balaban J connectivity index is 4.86. The maximum atomic E-state index is 12.0. The molecular weight excluding hydrogens is 208 g/mol. The lowest BCUT2D eigenvalue weighted by Crippen LogP contribution is -2.56. The van der Waals surface area contributed by atoms with Crippen LogP contribution in [0.15, 0.2) is 0 Å². The van der Waals surface area contributed by atoms with Gasteiger partial charge in [0.2, 0.25) is 5.91 Å². The highest BCUT2D eigenvalue weighted by molar-refractivity contribution is 5.89. The van der Waals surface area contributed by atoms with Crippen LogP contribution in [-0.2, 0) is 9.59 Å². The molecule has 5 nitrogen and oxygen atoms in total. The monoisotopic (exact) mass is 230 g/mol. The lowest BCUT2D eigenvalue weighted by atomic mass is 9.80. The van der Waals surface area contributed by atoms with Gasteiger partial charge in [0, 0.05) is 6.54 Å². The van der Waals surface area contributed by atoms with E-state index in [0.717, 1.165) is 0 Å². The van der Waals surface area contributed by atoms with E-state index in [1.54, 1.807) is 0 Å². The van der Waals surface area contributed by atoms with Crippen molar-refractivity contribution in [3.05, 3.63) is 0 Å². The molecule has 0 heterocycles. The van der Waals surface area contributed by atoms with Crippen LogP contribution in [-0.4, -0.2) is 29.1 Å². The first-order chi connectivity index (χ1) is 7.25. The highest BCUT2D eigenvalue weighted by Crippen LogP contribution is 2.26. The third kappa shape index (κ3) is 2.95. The van der Waals surface area contributed by atoms with Gasteiger partial charge in [0.05, 0.1) is 5.41 Å². The lowest BCUT2D eigenvalue weighted by molar-refractivity contribution is -0.148. The molecule has 0 rings (SSSR count). The second-order valence-corrected chi connectivity index (χ2v) is 4.58. The van der Waals surface area contributed by atoms with E-state index < -0.39 is 16.9 Å². The fourth-order valence-electron chi connectivity index (χ4n) is 1.42.